The van der Waals surface area contributed by atoms with Crippen LogP contribution in [0.1, 0.15) is 28.9 Å². The summed E-state index contributed by atoms with van der Waals surface area (Å²) in [4.78, 5) is 34.9. The smallest absolute Gasteiger partial charge is 0.294 e. The number of benzene rings is 1. The fourth-order valence-electron chi connectivity index (χ4n) is 2.50. The number of carbonyl (C=O) groups is 1. The van der Waals surface area contributed by atoms with Gasteiger partial charge in [-0.2, -0.15) is 0 Å². The van der Waals surface area contributed by atoms with E-state index in [4.69, 9.17) is 0 Å². The zero-order chi connectivity index (χ0) is 17.6. The number of aromatic nitrogens is 3. The van der Waals surface area contributed by atoms with E-state index in [2.05, 4.69) is 15.0 Å². The van der Waals surface area contributed by atoms with Crippen molar-refractivity contribution in [3.8, 4) is 17.3 Å². The predicted molar refractivity (Wildman–Crippen MR) is 93.5 cm³/mol. The van der Waals surface area contributed by atoms with Gasteiger partial charge >= 0.3 is 0 Å². The van der Waals surface area contributed by atoms with E-state index < -0.39 is 11.3 Å². The summed E-state index contributed by atoms with van der Waals surface area (Å²) in [6.45, 7) is 0. The van der Waals surface area contributed by atoms with Crippen LogP contribution in [0.25, 0.3) is 11.5 Å². The third-order valence-corrected chi connectivity index (χ3v) is 3.78. The van der Waals surface area contributed by atoms with E-state index in [9.17, 15) is 14.7 Å². The van der Waals surface area contributed by atoms with Crippen LogP contribution in [0.15, 0.2) is 59.5 Å². The molecular weight excluding hydrogens is 318 g/mol. The van der Waals surface area contributed by atoms with Gasteiger partial charge in [0.1, 0.15) is 5.69 Å². The highest BCUT2D eigenvalue weighted by Crippen LogP contribution is 2.17. The minimum absolute atomic E-state index is 0.162. The topological polar surface area (TPSA) is 95.9 Å². The number of H-pyrrole nitrogens is 1. The van der Waals surface area contributed by atoms with Crippen LogP contribution in [0.3, 0.4) is 0 Å². The lowest BCUT2D eigenvalue weighted by Gasteiger charge is -2.06. The highest BCUT2D eigenvalue weighted by Gasteiger charge is 2.18. The lowest BCUT2D eigenvalue weighted by atomic mass is 10.1. The molecule has 2 N–H and O–H groups in total. The third kappa shape index (κ3) is 3.98. The molecule has 2 aromatic heterocycles. The van der Waals surface area contributed by atoms with Gasteiger partial charge in [-0.15, -0.1) is 0 Å². The first-order valence-electron chi connectivity index (χ1n) is 7.97. The highest BCUT2D eigenvalue weighted by molar-refractivity contribution is 5.96. The fourth-order valence-corrected chi connectivity index (χ4v) is 2.50. The molecule has 3 rings (SSSR count). The molecule has 0 radical (unpaired) electrons. The van der Waals surface area contributed by atoms with Crippen LogP contribution >= 0.6 is 0 Å². The first-order chi connectivity index (χ1) is 12.1. The van der Waals surface area contributed by atoms with Gasteiger partial charge in [-0.05, 0) is 30.5 Å². The molecular formula is C19H17N3O3. The summed E-state index contributed by atoms with van der Waals surface area (Å²) in [6.07, 6.45) is 3.10. The van der Waals surface area contributed by atoms with Gasteiger partial charge in [-0.1, -0.05) is 36.4 Å². The Morgan fingerprint density at radius 2 is 1.84 bits per heavy atom. The second-order valence-electron chi connectivity index (χ2n) is 5.59. The summed E-state index contributed by atoms with van der Waals surface area (Å²) in [7, 11) is 0. The van der Waals surface area contributed by atoms with Crippen LogP contribution in [0.2, 0.25) is 0 Å². The van der Waals surface area contributed by atoms with Gasteiger partial charge in [-0.25, -0.2) is 4.98 Å². The van der Waals surface area contributed by atoms with E-state index in [0.717, 1.165) is 12.0 Å². The number of rotatable bonds is 6. The Balaban J connectivity index is 1.77. The van der Waals surface area contributed by atoms with Gasteiger partial charge in [-0.3, -0.25) is 14.6 Å². The van der Waals surface area contributed by atoms with E-state index in [1.165, 1.54) is 0 Å². The molecule has 3 aromatic rings. The molecule has 2 heterocycles. The summed E-state index contributed by atoms with van der Waals surface area (Å²) < 4.78 is 0. The number of nitrogens with one attached hydrogen (secondary N) is 1. The van der Waals surface area contributed by atoms with Crippen LogP contribution in [0.4, 0.5) is 0 Å². The maximum Gasteiger partial charge on any atom is 0.294 e. The highest BCUT2D eigenvalue weighted by atomic mass is 16.3. The lowest BCUT2D eigenvalue weighted by molar-refractivity contribution is 0.0972. The van der Waals surface area contributed by atoms with E-state index in [1.807, 2.05) is 30.3 Å². The minimum Gasteiger partial charge on any atom is -0.501 e. The molecule has 6 heteroatoms. The fraction of sp³-hybridized carbons (Fsp3) is 0.158. The van der Waals surface area contributed by atoms with E-state index in [-0.39, 0.29) is 23.7 Å². The number of hydrogen-bond donors (Lipinski definition) is 2. The van der Waals surface area contributed by atoms with E-state index >= 15 is 0 Å². The maximum absolute atomic E-state index is 12.4. The second kappa shape index (κ2) is 7.53. The number of aromatic amines is 1. The average Bonchev–Trinajstić information content (AvgIpc) is 2.65. The molecule has 6 nitrogen and oxygen atoms in total. The number of hydrogen-bond acceptors (Lipinski definition) is 5. The molecule has 0 aliphatic rings. The van der Waals surface area contributed by atoms with Gasteiger partial charge in [0.25, 0.3) is 5.56 Å². The number of pyridine rings is 1. The molecule has 126 valence electrons. The van der Waals surface area contributed by atoms with Crippen LogP contribution in [-0.4, -0.2) is 25.8 Å². The number of ketones is 1. The van der Waals surface area contributed by atoms with Crippen molar-refractivity contribution in [3.05, 3.63) is 76.3 Å². The summed E-state index contributed by atoms with van der Waals surface area (Å²) in [5.41, 5.74) is 0.602. The van der Waals surface area contributed by atoms with Gasteiger partial charge < -0.3 is 10.1 Å². The van der Waals surface area contributed by atoms with Crippen molar-refractivity contribution in [1.82, 2.24) is 15.0 Å². The number of Topliss-reactive ketones (excluding diaryl/α,β-unsaturated/α-hetero) is 1. The lowest BCUT2D eigenvalue weighted by Crippen LogP contribution is -2.16. The normalized spacial score (nSPS) is 10.6. The Kier molecular flexibility index (Phi) is 4.99. The molecule has 0 aliphatic heterocycles. The Labute approximate surface area is 144 Å². The summed E-state index contributed by atoms with van der Waals surface area (Å²) >= 11 is 0. The predicted octanol–water partition coefficient (Wildman–Crippen LogP) is 2.74. The van der Waals surface area contributed by atoms with Crippen molar-refractivity contribution in [2.45, 2.75) is 19.3 Å². The number of aryl methyl sites for hydroxylation is 1. The summed E-state index contributed by atoms with van der Waals surface area (Å²) in [5, 5.41) is 9.91. The van der Waals surface area contributed by atoms with Crippen LogP contribution < -0.4 is 5.56 Å². The van der Waals surface area contributed by atoms with Crippen molar-refractivity contribution in [2.75, 3.05) is 0 Å². The number of aromatic hydroxyl groups is 1. The largest absolute Gasteiger partial charge is 0.501 e. The summed E-state index contributed by atoms with van der Waals surface area (Å²) in [6, 6.07) is 15.0. The molecule has 0 bridgehead atoms. The molecule has 25 heavy (non-hydrogen) atoms. The van der Waals surface area contributed by atoms with Crippen molar-refractivity contribution >= 4 is 5.78 Å². The molecule has 0 amide bonds. The number of carbonyl (C=O) groups excluding carboxylic acids is 1. The zero-order valence-corrected chi connectivity index (χ0v) is 13.5. The maximum atomic E-state index is 12.4. The molecule has 1 aromatic carbocycles. The first kappa shape index (κ1) is 16.6. The second-order valence-corrected chi connectivity index (χ2v) is 5.59. The molecule has 0 aliphatic carbocycles. The molecule has 0 atom stereocenters. The van der Waals surface area contributed by atoms with Gasteiger partial charge in [0.15, 0.2) is 17.3 Å². The Morgan fingerprint density at radius 3 is 2.56 bits per heavy atom. The summed E-state index contributed by atoms with van der Waals surface area (Å²) in [5.74, 6) is -0.851. The Hall–Kier alpha value is -3.28. The van der Waals surface area contributed by atoms with Crippen molar-refractivity contribution in [1.29, 1.82) is 0 Å². The van der Waals surface area contributed by atoms with Gasteiger partial charge in [0, 0.05) is 12.6 Å². The van der Waals surface area contributed by atoms with Gasteiger partial charge in [0.05, 0.1) is 0 Å². The monoisotopic (exact) mass is 335 g/mol. The molecule has 0 spiro atoms. The van der Waals surface area contributed by atoms with Crippen LogP contribution in [0.5, 0.6) is 5.75 Å². The average molecular weight is 335 g/mol. The quantitative estimate of drug-likeness (QED) is 0.675. The minimum atomic E-state index is -0.748. The van der Waals surface area contributed by atoms with Gasteiger partial charge in [0.2, 0.25) is 5.75 Å². The van der Waals surface area contributed by atoms with Crippen LogP contribution in [0, 0.1) is 0 Å². The standard InChI is InChI=1S/C19H17N3O3/c23-15(11-6-9-13-7-2-1-3-8-13)16-17(24)19(25)22-18(21-16)14-10-4-5-12-20-14/h1-5,7-8,10,12,24H,6,9,11H2,(H,21,22,25). The van der Waals surface area contributed by atoms with Crippen LogP contribution in [-0.2, 0) is 6.42 Å². The zero-order valence-electron chi connectivity index (χ0n) is 13.5. The van der Waals surface area contributed by atoms with Crippen molar-refractivity contribution in [3.63, 3.8) is 0 Å². The Bertz CT molecular complexity index is 922. The SMILES string of the molecule is O=C(CCCc1ccccc1)c1nc(-c2ccccn2)[nH]c(=O)c1O. The third-order valence-electron chi connectivity index (χ3n) is 3.78. The van der Waals surface area contributed by atoms with E-state index in [0.29, 0.717) is 12.1 Å². The first-order valence-corrected chi connectivity index (χ1v) is 7.97. The van der Waals surface area contributed by atoms with Crippen molar-refractivity contribution in [2.24, 2.45) is 0 Å². The molecule has 0 saturated heterocycles. The van der Waals surface area contributed by atoms with E-state index in [1.54, 1.807) is 24.4 Å². The Morgan fingerprint density at radius 1 is 1.08 bits per heavy atom. The van der Waals surface area contributed by atoms with Crippen molar-refractivity contribution < 1.29 is 9.90 Å². The number of nitrogens with zero attached hydrogens (tertiary/aromatic N) is 2. The molecule has 0 saturated carbocycles. The molecule has 0 unspecified atom stereocenters. The molecule has 0 fully saturated rings.